The summed E-state index contributed by atoms with van der Waals surface area (Å²) < 4.78 is 2.53. The van der Waals surface area contributed by atoms with E-state index in [9.17, 15) is 0 Å². The number of aromatic nitrogens is 1. The Kier molecular flexibility index (Phi) is 4.12. The molecule has 0 saturated carbocycles. The Bertz CT molecular complexity index is 1830. The first-order valence-corrected chi connectivity index (χ1v) is 12.7. The molecule has 36 heavy (non-hydrogen) atoms. The maximum atomic E-state index is 2.53. The number of hydrogen-bond acceptors (Lipinski definition) is 0. The Balaban J connectivity index is 1.46. The SMILES string of the molecule is c1ccc(-c2ccccc2-c2c3c(cc4ccccc24)Cc2c-3ccc3[n+]2-c2ccccc2C3)cc1. The van der Waals surface area contributed by atoms with Crippen LogP contribution < -0.4 is 4.57 Å². The lowest BCUT2D eigenvalue weighted by Crippen LogP contribution is -2.36. The van der Waals surface area contributed by atoms with Gasteiger partial charge in [0.15, 0.2) is 11.4 Å². The molecule has 0 unspecified atom stereocenters. The predicted octanol–water partition coefficient (Wildman–Crippen LogP) is 7.93. The minimum absolute atomic E-state index is 0.957. The Hall–Kier alpha value is -4.49. The average Bonchev–Trinajstić information content (AvgIpc) is 3.50. The molecule has 1 nitrogen and oxygen atoms in total. The highest BCUT2D eigenvalue weighted by Gasteiger charge is 2.37. The summed E-state index contributed by atoms with van der Waals surface area (Å²) in [5.41, 5.74) is 14.9. The van der Waals surface area contributed by atoms with Gasteiger partial charge in [0.25, 0.3) is 0 Å². The minimum atomic E-state index is 0.957. The van der Waals surface area contributed by atoms with Gasteiger partial charge in [0.05, 0.1) is 18.4 Å². The summed E-state index contributed by atoms with van der Waals surface area (Å²) in [4.78, 5) is 0. The van der Waals surface area contributed by atoms with Crippen LogP contribution in [0.3, 0.4) is 0 Å². The van der Waals surface area contributed by atoms with Crippen molar-refractivity contribution in [1.82, 2.24) is 0 Å². The monoisotopic (exact) mass is 458 g/mol. The molecule has 2 heterocycles. The highest BCUT2D eigenvalue weighted by molar-refractivity contribution is 6.09. The molecule has 0 atom stereocenters. The molecular weight excluding hydrogens is 434 g/mol. The van der Waals surface area contributed by atoms with Gasteiger partial charge in [-0.2, -0.15) is 4.57 Å². The van der Waals surface area contributed by atoms with Crippen molar-refractivity contribution in [2.45, 2.75) is 12.8 Å². The third-order valence-electron chi connectivity index (χ3n) is 7.95. The van der Waals surface area contributed by atoms with Gasteiger partial charge in [0.1, 0.15) is 0 Å². The summed E-state index contributed by atoms with van der Waals surface area (Å²) in [5.74, 6) is 0. The van der Waals surface area contributed by atoms with E-state index in [-0.39, 0.29) is 0 Å². The van der Waals surface area contributed by atoms with Crippen LogP contribution in [0.1, 0.15) is 22.5 Å². The quantitative estimate of drug-likeness (QED) is 0.232. The molecule has 0 radical (unpaired) electrons. The van der Waals surface area contributed by atoms with Crippen molar-refractivity contribution in [2.24, 2.45) is 0 Å². The van der Waals surface area contributed by atoms with Crippen LogP contribution in [0.5, 0.6) is 0 Å². The van der Waals surface area contributed by atoms with Crippen molar-refractivity contribution in [1.29, 1.82) is 0 Å². The summed E-state index contributed by atoms with van der Waals surface area (Å²) >= 11 is 0. The number of benzene rings is 5. The molecule has 0 spiro atoms. The number of pyridine rings is 1. The standard InChI is InChI=1S/C35H24N/c1-2-10-23(11-3-1)28-14-7-8-16-30(28)35-29-15-6-4-12-24(29)20-26-22-33-31(34(26)35)19-18-27-21-25-13-5-9-17-32(25)36(27)33/h1-20H,21-22H2/q+1. The topological polar surface area (TPSA) is 3.88 Å². The number of rotatable bonds is 2. The lowest BCUT2D eigenvalue weighted by atomic mass is 9.85. The lowest BCUT2D eigenvalue weighted by Gasteiger charge is -2.17. The molecule has 2 aliphatic rings. The van der Waals surface area contributed by atoms with Crippen LogP contribution in [0.4, 0.5) is 0 Å². The minimum Gasteiger partial charge on any atom is -0.160 e. The Labute approximate surface area is 210 Å². The van der Waals surface area contributed by atoms with E-state index in [1.54, 1.807) is 0 Å². The fourth-order valence-electron chi connectivity index (χ4n) is 6.44. The lowest BCUT2D eigenvalue weighted by molar-refractivity contribution is -0.604. The van der Waals surface area contributed by atoms with E-state index < -0.39 is 0 Å². The van der Waals surface area contributed by atoms with E-state index >= 15 is 0 Å². The second-order valence-electron chi connectivity index (χ2n) is 9.92. The summed E-state index contributed by atoms with van der Waals surface area (Å²) in [6.07, 6.45) is 1.96. The fraction of sp³-hybridized carbons (Fsp3) is 0.0571. The van der Waals surface area contributed by atoms with E-state index in [4.69, 9.17) is 0 Å². The van der Waals surface area contributed by atoms with E-state index in [1.165, 1.54) is 72.4 Å². The van der Waals surface area contributed by atoms with Crippen molar-refractivity contribution in [2.75, 3.05) is 0 Å². The molecule has 6 aromatic rings. The first kappa shape index (κ1) is 19.8. The van der Waals surface area contributed by atoms with Crippen LogP contribution in [0.15, 0.2) is 121 Å². The Morgan fingerprint density at radius 3 is 2.17 bits per heavy atom. The molecular formula is C35H24N+. The predicted molar refractivity (Wildman–Crippen MR) is 147 cm³/mol. The zero-order chi connectivity index (χ0) is 23.6. The van der Waals surface area contributed by atoms with Crippen LogP contribution in [-0.4, -0.2) is 0 Å². The molecule has 168 valence electrons. The van der Waals surface area contributed by atoms with Gasteiger partial charge in [-0.25, -0.2) is 0 Å². The highest BCUT2D eigenvalue weighted by atomic mass is 15.0. The molecule has 0 amide bonds. The highest BCUT2D eigenvalue weighted by Crippen LogP contribution is 2.48. The van der Waals surface area contributed by atoms with Gasteiger partial charge in [0, 0.05) is 23.3 Å². The number of nitrogens with zero attached hydrogens (tertiary/aromatic N) is 1. The molecule has 1 aliphatic carbocycles. The smallest absolute Gasteiger partial charge is 0.160 e. The Morgan fingerprint density at radius 2 is 1.25 bits per heavy atom. The number of hydrogen-bond donors (Lipinski definition) is 0. The van der Waals surface area contributed by atoms with Crippen molar-refractivity contribution >= 4 is 10.8 Å². The maximum Gasteiger partial charge on any atom is 0.214 e. The van der Waals surface area contributed by atoms with Gasteiger partial charge in [-0.3, -0.25) is 0 Å². The van der Waals surface area contributed by atoms with E-state index in [0.29, 0.717) is 0 Å². The normalized spacial score (nSPS) is 12.8. The van der Waals surface area contributed by atoms with Crippen molar-refractivity contribution < 1.29 is 4.57 Å². The maximum absolute atomic E-state index is 2.53. The van der Waals surface area contributed by atoms with E-state index in [0.717, 1.165) is 12.8 Å². The van der Waals surface area contributed by atoms with Crippen LogP contribution in [-0.2, 0) is 12.8 Å². The van der Waals surface area contributed by atoms with Gasteiger partial charge in [0.2, 0.25) is 5.69 Å². The Morgan fingerprint density at radius 1 is 0.500 bits per heavy atom. The van der Waals surface area contributed by atoms with E-state index in [2.05, 4.69) is 126 Å². The largest absolute Gasteiger partial charge is 0.214 e. The van der Waals surface area contributed by atoms with Crippen LogP contribution in [0.25, 0.3) is 49.8 Å². The summed E-state index contributed by atoms with van der Waals surface area (Å²) in [5, 5.41) is 2.63. The molecule has 1 heteroatoms. The van der Waals surface area contributed by atoms with Gasteiger partial charge >= 0.3 is 0 Å². The van der Waals surface area contributed by atoms with Crippen molar-refractivity contribution in [3.8, 4) is 39.1 Å². The van der Waals surface area contributed by atoms with Crippen LogP contribution in [0.2, 0.25) is 0 Å². The molecule has 0 fully saturated rings. The van der Waals surface area contributed by atoms with Gasteiger partial charge in [-0.1, -0.05) is 97.1 Å². The zero-order valence-corrected chi connectivity index (χ0v) is 19.9. The summed E-state index contributed by atoms with van der Waals surface area (Å²) in [6.45, 7) is 0. The van der Waals surface area contributed by atoms with E-state index in [1.807, 2.05) is 0 Å². The third-order valence-corrected chi connectivity index (χ3v) is 7.95. The third kappa shape index (κ3) is 2.74. The number of fused-ring (bicyclic) bond motifs is 8. The van der Waals surface area contributed by atoms with Gasteiger partial charge < -0.3 is 0 Å². The summed E-state index contributed by atoms with van der Waals surface area (Å²) in [6, 6.07) is 44.6. The fourth-order valence-corrected chi connectivity index (χ4v) is 6.44. The van der Waals surface area contributed by atoms with Gasteiger partial charge in [-0.15, -0.1) is 0 Å². The molecule has 1 aliphatic heterocycles. The van der Waals surface area contributed by atoms with Crippen LogP contribution >= 0.6 is 0 Å². The van der Waals surface area contributed by atoms with Crippen molar-refractivity contribution in [3.63, 3.8) is 0 Å². The molecule has 0 saturated heterocycles. The first-order valence-electron chi connectivity index (χ1n) is 12.7. The first-order chi connectivity index (χ1) is 17.9. The number of para-hydroxylation sites is 1. The van der Waals surface area contributed by atoms with Crippen LogP contribution in [0, 0.1) is 0 Å². The molecule has 0 N–H and O–H groups in total. The molecule has 1 aromatic heterocycles. The average molecular weight is 459 g/mol. The molecule has 0 bridgehead atoms. The summed E-state index contributed by atoms with van der Waals surface area (Å²) in [7, 11) is 0. The molecule has 5 aromatic carbocycles. The molecule has 8 rings (SSSR count). The van der Waals surface area contributed by atoms with Gasteiger partial charge in [-0.05, 0) is 50.7 Å². The second kappa shape index (κ2) is 7.50. The second-order valence-corrected chi connectivity index (χ2v) is 9.92. The van der Waals surface area contributed by atoms with Crippen molar-refractivity contribution in [3.05, 3.63) is 144 Å². The zero-order valence-electron chi connectivity index (χ0n) is 19.9.